The predicted molar refractivity (Wildman–Crippen MR) is 54.2 cm³/mol. The normalized spacial score (nSPS) is 12.2. The number of nitrogens with two attached hydrogens (primary N) is 1. The summed E-state index contributed by atoms with van der Waals surface area (Å²) >= 11 is 0. The van der Waals surface area contributed by atoms with Gasteiger partial charge < -0.3 is 20.7 Å². The molecule has 0 aliphatic rings. The van der Waals surface area contributed by atoms with Gasteiger partial charge in [0.15, 0.2) is 11.5 Å². The number of ether oxygens (including phenoxy) is 1. The first-order valence-electron chi connectivity index (χ1n) is 4.37. The molecule has 0 heterocycles. The number of aromatic hydroxyl groups is 1. The minimum Gasteiger partial charge on any atom is -0.504 e. The van der Waals surface area contributed by atoms with Gasteiger partial charge >= 0.3 is 5.97 Å². The molecule has 1 rings (SSSR count). The molecule has 0 aliphatic heterocycles. The Morgan fingerprint density at radius 2 is 2.13 bits per heavy atom. The van der Waals surface area contributed by atoms with E-state index in [-0.39, 0.29) is 17.1 Å². The second-order valence-corrected chi connectivity index (χ2v) is 3.21. The van der Waals surface area contributed by atoms with Gasteiger partial charge in [0.05, 0.1) is 12.7 Å². The van der Waals surface area contributed by atoms with Crippen molar-refractivity contribution in [1.82, 2.24) is 0 Å². The van der Waals surface area contributed by atoms with Crippen LogP contribution in [0.25, 0.3) is 0 Å². The smallest absolute Gasteiger partial charge is 0.335 e. The molecule has 5 heteroatoms. The minimum atomic E-state index is -1.09. The molecule has 0 amide bonds. The van der Waals surface area contributed by atoms with Crippen LogP contribution in [-0.2, 0) is 0 Å². The fourth-order valence-corrected chi connectivity index (χ4v) is 1.26. The Hall–Kier alpha value is -1.75. The van der Waals surface area contributed by atoms with Crippen molar-refractivity contribution in [2.45, 2.75) is 13.0 Å². The monoisotopic (exact) mass is 211 g/mol. The third-order valence-electron chi connectivity index (χ3n) is 2.06. The summed E-state index contributed by atoms with van der Waals surface area (Å²) in [5.74, 6) is -1.09. The number of hydrogen-bond donors (Lipinski definition) is 3. The third-order valence-corrected chi connectivity index (χ3v) is 2.06. The van der Waals surface area contributed by atoms with E-state index in [1.807, 2.05) is 0 Å². The first-order chi connectivity index (χ1) is 6.97. The van der Waals surface area contributed by atoms with E-state index in [0.29, 0.717) is 5.56 Å². The molecule has 0 spiro atoms. The van der Waals surface area contributed by atoms with Crippen molar-refractivity contribution in [2.24, 2.45) is 5.73 Å². The van der Waals surface area contributed by atoms with Crippen LogP contribution >= 0.6 is 0 Å². The zero-order valence-corrected chi connectivity index (χ0v) is 8.52. The molecular formula is C10H13NO4. The van der Waals surface area contributed by atoms with Gasteiger partial charge in [-0.15, -0.1) is 0 Å². The van der Waals surface area contributed by atoms with Crippen molar-refractivity contribution in [3.63, 3.8) is 0 Å². The number of phenols is 1. The number of rotatable bonds is 3. The fourth-order valence-electron chi connectivity index (χ4n) is 1.26. The van der Waals surface area contributed by atoms with Gasteiger partial charge in [-0.05, 0) is 19.1 Å². The van der Waals surface area contributed by atoms with Crippen LogP contribution in [-0.4, -0.2) is 23.3 Å². The number of carbonyl (C=O) groups is 1. The Morgan fingerprint density at radius 3 is 2.53 bits per heavy atom. The average molecular weight is 211 g/mol. The van der Waals surface area contributed by atoms with Gasteiger partial charge in [-0.2, -0.15) is 0 Å². The highest BCUT2D eigenvalue weighted by Gasteiger charge is 2.16. The lowest BCUT2D eigenvalue weighted by Crippen LogP contribution is -2.08. The maximum absolute atomic E-state index is 10.8. The number of carboxylic acids is 1. The van der Waals surface area contributed by atoms with Crippen LogP contribution in [0, 0.1) is 0 Å². The van der Waals surface area contributed by atoms with E-state index in [2.05, 4.69) is 0 Å². The van der Waals surface area contributed by atoms with Crippen molar-refractivity contribution in [2.75, 3.05) is 7.11 Å². The lowest BCUT2D eigenvalue weighted by atomic mass is 10.0. The quantitative estimate of drug-likeness (QED) is 0.696. The molecule has 0 bridgehead atoms. The summed E-state index contributed by atoms with van der Waals surface area (Å²) < 4.78 is 4.86. The molecular weight excluding hydrogens is 198 g/mol. The summed E-state index contributed by atoms with van der Waals surface area (Å²) in [7, 11) is 1.35. The lowest BCUT2D eigenvalue weighted by molar-refractivity contribution is 0.0696. The van der Waals surface area contributed by atoms with Crippen LogP contribution in [0.15, 0.2) is 12.1 Å². The molecule has 0 saturated heterocycles. The molecule has 4 N–H and O–H groups in total. The van der Waals surface area contributed by atoms with E-state index in [0.717, 1.165) is 0 Å². The second-order valence-electron chi connectivity index (χ2n) is 3.21. The predicted octanol–water partition coefficient (Wildman–Crippen LogP) is 1.12. The van der Waals surface area contributed by atoms with E-state index >= 15 is 0 Å². The summed E-state index contributed by atoms with van der Waals surface area (Å²) in [5, 5.41) is 18.5. The highest BCUT2D eigenvalue weighted by molar-refractivity contribution is 5.89. The lowest BCUT2D eigenvalue weighted by Gasteiger charge is -2.12. The van der Waals surface area contributed by atoms with Gasteiger partial charge in [0.2, 0.25) is 0 Å². The Kier molecular flexibility index (Phi) is 3.16. The van der Waals surface area contributed by atoms with Gasteiger partial charge in [0.1, 0.15) is 0 Å². The molecule has 0 radical (unpaired) electrons. The molecule has 15 heavy (non-hydrogen) atoms. The summed E-state index contributed by atoms with van der Waals surface area (Å²) in [6, 6.07) is 2.13. The molecule has 0 aliphatic carbocycles. The van der Waals surface area contributed by atoms with Crippen LogP contribution in [0.4, 0.5) is 0 Å². The Labute approximate surface area is 87.1 Å². The molecule has 0 saturated carbocycles. The number of methoxy groups -OCH3 is 1. The van der Waals surface area contributed by atoms with Gasteiger partial charge in [-0.25, -0.2) is 4.79 Å². The number of phenolic OH excluding ortho intramolecular Hbond substituents is 1. The fraction of sp³-hybridized carbons (Fsp3) is 0.300. The number of benzene rings is 1. The first-order valence-corrected chi connectivity index (χ1v) is 4.37. The molecule has 82 valence electrons. The van der Waals surface area contributed by atoms with Crippen LogP contribution in [0.2, 0.25) is 0 Å². The van der Waals surface area contributed by atoms with E-state index < -0.39 is 12.0 Å². The third kappa shape index (κ3) is 2.19. The zero-order chi connectivity index (χ0) is 11.6. The van der Waals surface area contributed by atoms with Crippen molar-refractivity contribution < 1.29 is 19.7 Å². The number of carboxylic acid groups (broad SMARTS) is 1. The standard InChI is InChI=1S/C10H13NO4/c1-5(11)7-3-6(10(13)14)4-8(15-2)9(7)12/h3-5,12H,11H2,1-2H3,(H,13,14). The molecule has 0 aromatic heterocycles. The van der Waals surface area contributed by atoms with E-state index in [1.165, 1.54) is 19.2 Å². The van der Waals surface area contributed by atoms with Gasteiger partial charge in [-0.1, -0.05) is 0 Å². The summed E-state index contributed by atoms with van der Waals surface area (Å²) in [6.45, 7) is 1.65. The molecule has 1 aromatic rings. The summed E-state index contributed by atoms with van der Waals surface area (Å²) in [5.41, 5.74) is 5.99. The highest BCUT2D eigenvalue weighted by Crippen LogP contribution is 2.34. The van der Waals surface area contributed by atoms with Gasteiger partial charge in [0.25, 0.3) is 0 Å². The topological polar surface area (TPSA) is 92.8 Å². The van der Waals surface area contributed by atoms with E-state index in [9.17, 15) is 9.90 Å². The summed E-state index contributed by atoms with van der Waals surface area (Å²) in [4.78, 5) is 10.8. The van der Waals surface area contributed by atoms with Crippen LogP contribution in [0.3, 0.4) is 0 Å². The van der Waals surface area contributed by atoms with Crippen molar-refractivity contribution >= 4 is 5.97 Å². The van der Waals surface area contributed by atoms with E-state index in [1.54, 1.807) is 6.92 Å². The molecule has 5 nitrogen and oxygen atoms in total. The van der Waals surface area contributed by atoms with Crippen LogP contribution < -0.4 is 10.5 Å². The Morgan fingerprint density at radius 1 is 1.53 bits per heavy atom. The first kappa shape index (κ1) is 11.3. The van der Waals surface area contributed by atoms with Crippen molar-refractivity contribution in [3.05, 3.63) is 23.3 Å². The van der Waals surface area contributed by atoms with Gasteiger partial charge in [0, 0.05) is 11.6 Å². The Balaban J connectivity index is 3.38. The summed E-state index contributed by atoms with van der Waals surface area (Å²) in [6.07, 6.45) is 0. The molecule has 1 unspecified atom stereocenters. The molecule has 1 aromatic carbocycles. The average Bonchev–Trinajstić information content (AvgIpc) is 2.17. The van der Waals surface area contributed by atoms with Crippen LogP contribution in [0.1, 0.15) is 28.9 Å². The second kappa shape index (κ2) is 4.18. The SMILES string of the molecule is COc1cc(C(=O)O)cc(C(C)N)c1O. The molecule has 0 fully saturated rings. The largest absolute Gasteiger partial charge is 0.504 e. The minimum absolute atomic E-state index is 0.0388. The maximum Gasteiger partial charge on any atom is 0.335 e. The Bertz CT molecular complexity index is 387. The number of hydrogen-bond acceptors (Lipinski definition) is 4. The number of aromatic carboxylic acids is 1. The highest BCUT2D eigenvalue weighted by atomic mass is 16.5. The zero-order valence-electron chi connectivity index (χ0n) is 8.52. The van der Waals surface area contributed by atoms with Gasteiger partial charge in [-0.3, -0.25) is 0 Å². The van der Waals surface area contributed by atoms with E-state index in [4.69, 9.17) is 15.6 Å². The molecule has 1 atom stereocenters. The van der Waals surface area contributed by atoms with Crippen LogP contribution in [0.5, 0.6) is 11.5 Å². The maximum atomic E-state index is 10.8. The van der Waals surface area contributed by atoms with Crippen molar-refractivity contribution in [1.29, 1.82) is 0 Å². The van der Waals surface area contributed by atoms with Crippen molar-refractivity contribution in [3.8, 4) is 11.5 Å².